The second kappa shape index (κ2) is 8.23. The molecule has 1 unspecified atom stereocenters. The van der Waals surface area contributed by atoms with Crippen molar-refractivity contribution >= 4 is 11.7 Å². The zero-order chi connectivity index (χ0) is 18.5. The molecule has 2 aromatic rings. The Kier molecular flexibility index (Phi) is 5.78. The normalized spacial score (nSPS) is 16.2. The number of anilines is 1. The highest BCUT2D eigenvalue weighted by Crippen LogP contribution is 2.26. The Morgan fingerprint density at radius 2 is 1.77 bits per heavy atom. The fraction of sp³-hybridized carbons (Fsp3) is 0.381. The van der Waals surface area contributed by atoms with Crippen LogP contribution in [0.15, 0.2) is 48.5 Å². The maximum absolute atomic E-state index is 12.6. The molecule has 2 aromatic carbocycles. The number of carbonyl (C=O) groups excluding carboxylic acids is 1. The Balaban J connectivity index is 1.58. The number of rotatable bonds is 4. The van der Waals surface area contributed by atoms with Crippen molar-refractivity contribution in [3.63, 3.8) is 0 Å². The van der Waals surface area contributed by atoms with Crippen LogP contribution in [-0.2, 0) is 0 Å². The fourth-order valence-corrected chi connectivity index (χ4v) is 3.37. The first-order valence-electron chi connectivity index (χ1n) is 9.08. The highest BCUT2D eigenvalue weighted by atomic mass is 16.5. The predicted octanol–water partition coefficient (Wildman–Crippen LogP) is 3.91. The molecule has 3 rings (SSSR count). The molecule has 2 amide bonds. The zero-order valence-electron chi connectivity index (χ0n) is 15.7. The smallest absolute Gasteiger partial charge is 0.322 e. The van der Waals surface area contributed by atoms with Crippen molar-refractivity contribution in [2.45, 2.75) is 19.9 Å². The van der Waals surface area contributed by atoms with Gasteiger partial charge in [0.15, 0.2) is 0 Å². The number of ether oxygens (including phenoxy) is 1. The number of nitrogens with one attached hydrogen (secondary N) is 1. The third kappa shape index (κ3) is 4.17. The lowest BCUT2D eigenvalue weighted by atomic mass is 10.1. The summed E-state index contributed by atoms with van der Waals surface area (Å²) >= 11 is 0. The van der Waals surface area contributed by atoms with Gasteiger partial charge in [-0.25, -0.2) is 4.79 Å². The Hall–Kier alpha value is -2.53. The highest BCUT2D eigenvalue weighted by Gasteiger charge is 2.25. The molecular weight excluding hydrogens is 326 g/mol. The van der Waals surface area contributed by atoms with Crippen LogP contribution in [-0.4, -0.2) is 49.1 Å². The van der Waals surface area contributed by atoms with Gasteiger partial charge >= 0.3 is 6.03 Å². The van der Waals surface area contributed by atoms with Crippen LogP contribution in [0.5, 0.6) is 5.75 Å². The van der Waals surface area contributed by atoms with E-state index in [0.717, 1.165) is 37.4 Å². The van der Waals surface area contributed by atoms with E-state index in [9.17, 15) is 4.79 Å². The van der Waals surface area contributed by atoms with Crippen molar-refractivity contribution in [3.05, 3.63) is 59.7 Å². The molecule has 5 heteroatoms. The number of hydrogen-bond acceptors (Lipinski definition) is 3. The van der Waals surface area contributed by atoms with Crippen LogP contribution in [0.3, 0.4) is 0 Å². The first kappa shape index (κ1) is 18.3. The van der Waals surface area contributed by atoms with Gasteiger partial charge in [0.05, 0.1) is 12.8 Å². The van der Waals surface area contributed by atoms with Gasteiger partial charge in [-0.2, -0.15) is 0 Å². The minimum Gasteiger partial charge on any atom is -0.495 e. The molecule has 1 saturated heterocycles. The van der Waals surface area contributed by atoms with Crippen LogP contribution in [0.1, 0.15) is 24.1 Å². The van der Waals surface area contributed by atoms with Gasteiger partial charge in [-0.15, -0.1) is 0 Å². The lowest BCUT2D eigenvalue weighted by molar-refractivity contribution is 0.119. The predicted molar refractivity (Wildman–Crippen MR) is 105 cm³/mol. The first-order valence-corrected chi connectivity index (χ1v) is 9.08. The van der Waals surface area contributed by atoms with Crippen LogP contribution in [0.2, 0.25) is 0 Å². The average Bonchev–Trinajstić information content (AvgIpc) is 2.68. The molecule has 0 bridgehead atoms. The van der Waals surface area contributed by atoms with E-state index in [-0.39, 0.29) is 6.03 Å². The molecular formula is C21H27N3O2. The number of piperazine rings is 1. The van der Waals surface area contributed by atoms with E-state index >= 15 is 0 Å². The Morgan fingerprint density at radius 3 is 2.42 bits per heavy atom. The third-order valence-corrected chi connectivity index (χ3v) is 5.03. The Morgan fingerprint density at radius 1 is 1.08 bits per heavy atom. The monoisotopic (exact) mass is 353 g/mol. The molecule has 1 N–H and O–H groups in total. The molecule has 138 valence electrons. The number of nitrogens with zero attached hydrogens (tertiary/aromatic N) is 2. The number of urea groups is 1. The number of amides is 2. The van der Waals surface area contributed by atoms with E-state index in [0.29, 0.717) is 11.8 Å². The maximum Gasteiger partial charge on any atom is 0.322 e. The summed E-state index contributed by atoms with van der Waals surface area (Å²) in [6.07, 6.45) is 0. The van der Waals surface area contributed by atoms with E-state index in [1.54, 1.807) is 7.11 Å². The Bertz CT molecular complexity index is 740. The summed E-state index contributed by atoms with van der Waals surface area (Å²) in [6, 6.07) is 16.6. The maximum atomic E-state index is 12.6. The number of methoxy groups -OCH3 is 1. The topological polar surface area (TPSA) is 44.8 Å². The minimum absolute atomic E-state index is 0.0686. The number of hydrogen-bond donors (Lipinski definition) is 1. The largest absolute Gasteiger partial charge is 0.495 e. The highest BCUT2D eigenvalue weighted by molar-refractivity contribution is 5.91. The van der Waals surface area contributed by atoms with Crippen LogP contribution in [0, 0.1) is 6.92 Å². The molecule has 26 heavy (non-hydrogen) atoms. The molecule has 0 saturated carbocycles. The molecule has 5 nitrogen and oxygen atoms in total. The SMILES string of the molecule is COc1ccc(C)cc1NC(=O)N1CCN(C(C)c2ccccc2)CC1. The van der Waals surface area contributed by atoms with Crippen molar-refractivity contribution in [1.29, 1.82) is 0 Å². The first-order chi connectivity index (χ1) is 12.6. The molecule has 0 aliphatic carbocycles. The summed E-state index contributed by atoms with van der Waals surface area (Å²) in [7, 11) is 1.62. The van der Waals surface area contributed by atoms with Gasteiger partial charge in [0.1, 0.15) is 5.75 Å². The van der Waals surface area contributed by atoms with E-state index in [2.05, 4.69) is 41.4 Å². The van der Waals surface area contributed by atoms with Crippen molar-refractivity contribution in [3.8, 4) is 5.75 Å². The molecule has 1 aliphatic rings. The lowest BCUT2D eigenvalue weighted by Crippen LogP contribution is -2.50. The van der Waals surface area contributed by atoms with Gasteiger partial charge < -0.3 is 15.0 Å². The van der Waals surface area contributed by atoms with Crippen molar-refractivity contribution in [2.24, 2.45) is 0 Å². The molecule has 0 aromatic heterocycles. The number of benzene rings is 2. The summed E-state index contributed by atoms with van der Waals surface area (Å²) in [4.78, 5) is 16.9. The second-order valence-electron chi connectivity index (χ2n) is 6.74. The molecule has 0 radical (unpaired) electrons. The van der Waals surface area contributed by atoms with Gasteiger partial charge in [0, 0.05) is 32.2 Å². The standard InChI is InChI=1S/C21H27N3O2/c1-16-9-10-20(26-3)19(15-16)22-21(25)24-13-11-23(12-14-24)17(2)18-7-5-4-6-8-18/h4-10,15,17H,11-14H2,1-3H3,(H,22,25). The van der Waals surface area contributed by atoms with Crippen LogP contribution in [0.25, 0.3) is 0 Å². The van der Waals surface area contributed by atoms with Gasteiger partial charge in [-0.3, -0.25) is 4.90 Å². The summed E-state index contributed by atoms with van der Waals surface area (Å²) in [5.41, 5.74) is 3.12. The van der Waals surface area contributed by atoms with Crippen LogP contribution in [0.4, 0.5) is 10.5 Å². The fourth-order valence-electron chi connectivity index (χ4n) is 3.37. The summed E-state index contributed by atoms with van der Waals surface area (Å²) in [6.45, 7) is 7.40. The summed E-state index contributed by atoms with van der Waals surface area (Å²) in [5, 5.41) is 2.99. The molecule has 0 spiro atoms. The summed E-state index contributed by atoms with van der Waals surface area (Å²) < 4.78 is 5.34. The van der Waals surface area contributed by atoms with Crippen LogP contribution >= 0.6 is 0 Å². The third-order valence-electron chi connectivity index (χ3n) is 5.03. The number of carbonyl (C=O) groups is 1. The van der Waals surface area contributed by atoms with Gasteiger partial charge in [-0.1, -0.05) is 36.4 Å². The van der Waals surface area contributed by atoms with Crippen LogP contribution < -0.4 is 10.1 Å². The van der Waals surface area contributed by atoms with Gasteiger partial charge in [-0.05, 0) is 37.1 Å². The lowest BCUT2D eigenvalue weighted by Gasteiger charge is -2.38. The van der Waals surface area contributed by atoms with E-state index < -0.39 is 0 Å². The average molecular weight is 353 g/mol. The quantitative estimate of drug-likeness (QED) is 0.906. The van der Waals surface area contributed by atoms with Gasteiger partial charge in [0.25, 0.3) is 0 Å². The van der Waals surface area contributed by atoms with Crippen molar-refractivity contribution in [1.82, 2.24) is 9.80 Å². The number of aryl methyl sites for hydroxylation is 1. The zero-order valence-corrected chi connectivity index (χ0v) is 15.7. The second-order valence-corrected chi connectivity index (χ2v) is 6.74. The van der Waals surface area contributed by atoms with E-state index in [1.807, 2.05) is 36.1 Å². The van der Waals surface area contributed by atoms with Crippen molar-refractivity contribution in [2.75, 3.05) is 38.6 Å². The molecule has 1 atom stereocenters. The minimum atomic E-state index is -0.0686. The van der Waals surface area contributed by atoms with E-state index in [1.165, 1.54) is 5.56 Å². The Labute approximate surface area is 155 Å². The van der Waals surface area contributed by atoms with E-state index in [4.69, 9.17) is 4.74 Å². The molecule has 1 aliphatic heterocycles. The molecule has 1 heterocycles. The summed E-state index contributed by atoms with van der Waals surface area (Å²) in [5.74, 6) is 0.681. The van der Waals surface area contributed by atoms with Gasteiger partial charge in [0.2, 0.25) is 0 Å². The molecule has 1 fully saturated rings. The van der Waals surface area contributed by atoms with Crippen molar-refractivity contribution < 1.29 is 9.53 Å².